The molecule has 0 amide bonds. The van der Waals surface area contributed by atoms with Crippen LogP contribution in [0.3, 0.4) is 0 Å². The molecule has 2 aromatic carbocycles. The van der Waals surface area contributed by atoms with Gasteiger partial charge in [-0.05, 0) is 17.7 Å². The standard InChI is InChI=1S/C16H14O3/c17-15(11-13-7-3-1-4-8-13)12-19-16(18)14-9-5-2-6-10-14/h1-10H,11-12H2. The molecule has 0 bridgehead atoms. The Kier molecular flexibility index (Phi) is 4.45. The number of hydrogen-bond acceptors (Lipinski definition) is 3. The van der Waals surface area contributed by atoms with Gasteiger partial charge in [0.05, 0.1) is 5.56 Å². The molecule has 0 saturated heterocycles. The highest BCUT2D eigenvalue weighted by molar-refractivity contribution is 5.91. The molecule has 3 heteroatoms. The first-order valence-corrected chi connectivity index (χ1v) is 6.03. The van der Waals surface area contributed by atoms with E-state index < -0.39 is 5.97 Å². The number of ether oxygens (including phenoxy) is 1. The van der Waals surface area contributed by atoms with Gasteiger partial charge in [0.25, 0.3) is 0 Å². The van der Waals surface area contributed by atoms with Gasteiger partial charge in [0.1, 0.15) is 0 Å². The van der Waals surface area contributed by atoms with Gasteiger partial charge in [0.2, 0.25) is 0 Å². The number of rotatable bonds is 5. The van der Waals surface area contributed by atoms with Gasteiger partial charge < -0.3 is 4.74 Å². The Morgan fingerprint density at radius 2 is 1.42 bits per heavy atom. The largest absolute Gasteiger partial charge is 0.454 e. The quantitative estimate of drug-likeness (QED) is 0.770. The van der Waals surface area contributed by atoms with Crippen LogP contribution < -0.4 is 0 Å². The van der Waals surface area contributed by atoms with Crippen molar-refractivity contribution in [3.05, 3.63) is 71.8 Å². The summed E-state index contributed by atoms with van der Waals surface area (Å²) in [7, 11) is 0. The second kappa shape index (κ2) is 6.50. The van der Waals surface area contributed by atoms with E-state index in [4.69, 9.17) is 4.74 Å². The topological polar surface area (TPSA) is 43.4 Å². The molecule has 0 fully saturated rings. The number of carbonyl (C=O) groups is 2. The van der Waals surface area contributed by atoms with Crippen LogP contribution in [0.1, 0.15) is 15.9 Å². The molecular formula is C16H14O3. The summed E-state index contributed by atoms with van der Waals surface area (Å²) in [6.07, 6.45) is 0.281. The smallest absolute Gasteiger partial charge is 0.338 e. The van der Waals surface area contributed by atoms with Crippen LogP contribution in [0.5, 0.6) is 0 Å². The average molecular weight is 254 g/mol. The molecule has 0 aliphatic rings. The van der Waals surface area contributed by atoms with Crippen LogP contribution in [0.2, 0.25) is 0 Å². The second-order valence-corrected chi connectivity index (χ2v) is 4.14. The summed E-state index contributed by atoms with van der Waals surface area (Å²) < 4.78 is 4.97. The molecule has 0 N–H and O–H groups in total. The summed E-state index contributed by atoms with van der Waals surface area (Å²) in [6, 6.07) is 18.0. The molecule has 96 valence electrons. The molecule has 0 radical (unpaired) electrons. The number of benzene rings is 2. The van der Waals surface area contributed by atoms with E-state index >= 15 is 0 Å². The Balaban J connectivity index is 1.83. The molecule has 2 aromatic rings. The van der Waals surface area contributed by atoms with Crippen molar-refractivity contribution >= 4 is 11.8 Å². The number of carbonyl (C=O) groups excluding carboxylic acids is 2. The zero-order valence-electron chi connectivity index (χ0n) is 10.4. The molecule has 0 unspecified atom stereocenters. The summed E-state index contributed by atoms with van der Waals surface area (Å²) >= 11 is 0. The highest BCUT2D eigenvalue weighted by Gasteiger charge is 2.09. The first kappa shape index (κ1) is 13.0. The predicted octanol–water partition coefficient (Wildman–Crippen LogP) is 2.66. The van der Waals surface area contributed by atoms with E-state index in [-0.39, 0.29) is 18.8 Å². The number of esters is 1. The van der Waals surface area contributed by atoms with E-state index in [2.05, 4.69) is 0 Å². The van der Waals surface area contributed by atoms with Crippen LogP contribution in [0.25, 0.3) is 0 Å². The van der Waals surface area contributed by atoms with Crippen molar-refractivity contribution in [2.75, 3.05) is 6.61 Å². The SMILES string of the molecule is O=C(COC(=O)c1ccccc1)Cc1ccccc1. The monoisotopic (exact) mass is 254 g/mol. The highest BCUT2D eigenvalue weighted by Crippen LogP contribution is 2.03. The second-order valence-electron chi connectivity index (χ2n) is 4.14. The maximum Gasteiger partial charge on any atom is 0.338 e. The Hall–Kier alpha value is -2.42. The fourth-order valence-electron chi connectivity index (χ4n) is 1.68. The average Bonchev–Trinajstić information content (AvgIpc) is 2.47. The van der Waals surface area contributed by atoms with Crippen molar-refractivity contribution in [2.45, 2.75) is 6.42 Å². The van der Waals surface area contributed by atoms with E-state index in [9.17, 15) is 9.59 Å². The molecule has 0 heterocycles. The Morgan fingerprint density at radius 1 is 0.842 bits per heavy atom. The maximum absolute atomic E-state index is 11.7. The molecule has 2 rings (SSSR count). The van der Waals surface area contributed by atoms with Gasteiger partial charge in [-0.15, -0.1) is 0 Å². The molecule has 0 aliphatic heterocycles. The van der Waals surface area contributed by atoms with Gasteiger partial charge in [0, 0.05) is 6.42 Å². The third kappa shape index (κ3) is 4.07. The van der Waals surface area contributed by atoms with Crippen LogP contribution in [-0.4, -0.2) is 18.4 Å². The Labute approximate surface area is 111 Å². The molecule has 0 saturated carbocycles. The first-order chi connectivity index (χ1) is 9.25. The zero-order chi connectivity index (χ0) is 13.5. The van der Waals surface area contributed by atoms with E-state index in [1.807, 2.05) is 36.4 Å². The van der Waals surface area contributed by atoms with E-state index in [1.165, 1.54) is 0 Å². The molecule has 0 spiro atoms. The number of hydrogen-bond donors (Lipinski definition) is 0. The normalized spacial score (nSPS) is 9.89. The lowest BCUT2D eigenvalue weighted by Gasteiger charge is -2.04. The minimum absolute atomic E-state index is 0.115. The van der Waals surface area contributed by atoms with Crippen LogP contribution in [-0.2, 0) is 16.0 Å². The maximum atomic E-state index is 11.7. The van der Waals surface area contributed by atoms with E-state index in [0.717, 1.165) is 5.56 Å². The lowest BCUT2D eigenvalue weighted by atomic mass is 10.1. The fraction of sp³-hybridized carbons (Fsp3) is 0.125. The predicted molar refractivity (Wildman–Crippen MR) is 71.9 cm³/mol. The lowest BCUT2D eigenvalue weighted by molar-refractivity contribution is -0.121. The minimum atomic E-state index is -0.470. The molecule has 3 nitrogen and oxygen atoms in total. The first-order valence-electron chi connectivity index (χ1n) is 6.03. The van der Waals surface area contributed by atoms with Crippen molar-refractivity contribution < 1.29 is 14.3 Å². The Morgan fingerprint density at radius 3 is 2.05 bits per heavy atom. The third-order valence-electron chi connectivity index (χ3n) is 2.62. The van der Waals surface area contributed by atoms with Gasteiger partial charge in [0.15, 0.2) is 12.4 Å². The summed E-state index contributed by atoms with van der Waals surface area (Å²) in [5, 5.41) is 0. The summed E-state index contributed by atoms with van der Waals surface area (Å²) in [4.78, 5) is 23.3. The van der Waals surface area contributed by atoms with E-state index in [1.54, 1.807) is 24.3 Å². The van der Waals surface area contributed by atoms with Gasteiger partial charge in [-0.3, -0.25) is 4.79 Å². The van der Waals surface area contributed by atoms with Gasteiger partial charge in [-0.2, -0.15) is 0 Å². The summed E-state index contributed by atoms with van der Waals surface area (Å²) in [5.41, 5.74) is 1.37. The minimum Gasteiger partial charge on any atom is -0.454 e. The zero-order valence-corrected chi connectivity index (χ0v) is 10.4. The number of Topliss-reactive ketones (excluding diaryl/α,β-unsaturated/α-hetero) is 1. The van der Waals surface area contributed by atoms with Crippen LogP contribution in [0.15, 0.2) is 60.7 Å². The van der Waals surface area contributed by atoms with Crippen LogP contribution >= 0.6 is 0 Å². The fourth-order valence-corrected chi connectivity index (χ4v) is 1.68. The molecule has 0 aliphatic carbocycles. The third-order valence-corrected chi connectivity index (χ3v) is 2.62. The summed E-state index contributed by atoms with van der Waals surface area (Å²) in [6.45, 7) is -0.192. The molecule has 0 atom stereocenters. The van der Waals surface area contributed by atoms with Gasteiger partial charge in [-0.1, -0.05) is 48.5 Å². The van der Waals surface area contributed by atoms with Gasteiger partial charge in [-0.25, -0.2) is 4.79 Å². The van der Waals surface area contributed by atoms with Crippen molar-refractivity contribution in [2.24, 2.45) is 0 Å². The van der Waals surface area contributed by atoms with E-state index in [0.29, 0.717) is 5.56 Å². The molecular weight excluding hydrogens is 240 g/mol. The summed E-state index contributed by atoms with van der Waals surface area (Å²) in [5.74, 6) is -0.586. The molecule has 0 aromatic heterocycles. The highest BCUT2D eigenvalue weighted by atomic mass is 16.5. The van der Waals surface area contributed by atoms with Crippen molar-refractivity contribution in [1.29, 1.82) is 0 Å². The lowest BCUT2D eigenvalue weighted by Crippen LogP contribution is -2.15. The van der Waals surface area contributed by atoms with Crippen molar-refractivity contribution in [3.63, 3.8) is 0 Å². The number of ketones is 1. The molecule has 19 heavy (non-hydrogen) atoms. The Bertz CT molecular complexity index is 547. The van der Waals surface area contributed by atoms with Crippen LogP contribution in [0, 0.1) is 0 Å². The van der Waals surface area contributed by atoms with Crippen molar-refractivity contribution in [3.8, 4) is 0 Å². The van der Waals surface area contributed by atoms with Crippen molar-refractivity contribution in [1.82, 2.24) is 0 Å². The van der Waals surface area contributed by atoms with Gasteiger partial charge >= 0.3 is 5.97 Å². The van der Waals surface area contributed by atoms with Crippen LogP contribution in [0.4, 0.5) is 0 Å².